The van der Waals surface area contributed by atoms with Crippen molar-refractivity contribution in [3.63, 3.8) is 0 Å². The highest BCUT2D eigenvalue weighted by molar-refractivity contribution is 5.81. The molecule has 3 heteroatoms. The largest absolute Gasteiger partial charge is 0.319 e. The van der Waals surface area contributed by atoms with Crippen molar-refractivity contribution in [2.75, 3.05) is 6.54 Å². The van der Waals surface area contributed by atoms with E-state index in [-0.39, 0.29) is 12.1 Å². The van der Waals surface area contributed by atoms with Gasteiger partial charge in [-0.1, -0.05) is 43.7 Å². The summed E-state index contributed by atoms with van der Waals surface area (Å²) in [5.41, 5.74) is 1.20. The molecule has 96 valence electrons. The minimum Gasteiger partial charge on any atom is -0.319 e. The SMILES string of the molecule is CCCC1CC1N1C(=O)CNC1c1ccccc1. The molecule has 1 amide bonds. The van der Waals surface area contributed by atoms with Gasteiger partial charge in [-0.3, -0.25) is 10.1 Å². The van der Waals surface area contributed by atoms with E-state index in [4.69, 9.17) is 0 Å². The molecule has 1 aromatic carbocycles. The third-order valence-electron chi connectivity index (χ3n) is 4.03. The van der Waals surface area contributed by atoms with E-state index in [1.165, 1.54) is 24.8 Å². The summed E-state index contributed by atoms with van der Waals surface area (Å²) in [4.78, 5) is 14.1. The van der Waals surface area contributed by atoms with Crippen LogP contribution >= 0.6 is 0 Å². The van der Waals surface area contributed by atoms with Gasteiger partial charge < -0.3 is 4.90 Å². The Morgan fingerprint density at radius 2 is 2.11 bits per heavy atom. The molecule has 1 saturated heterocycles. The molecule has 1 heterocycles. The Kier molecular flexibility index (Phi) is 3.08. The lowest BCUT2D eigenvalue weighted by molar-refractivity contribution is -0.128. The number of nitrogens with one attached hydrogen (secondary N) is 1. The van der Waals surface area contributed by atoms with Crippen LogP contribution in [0.3, 0.4) is 0 Å². The fourth-order valence-corrected chi connectivity index (χ4v) is 3.06. The van der Waals surface area contributed by atoms with Crippen LogP contribution in [0.25, 0.3) is 0 Å². The first kappa shape index (κ1) is 11.7. The van der Waals surface area contributed by atoms with Gasteiger partial charge in [0.25, 0.3) is 0 Å². The number of rotatable bonds is 4. The van der Waals surface area contributed by atoms with Crippen molar-refractivity contribution >= 4 is 5.91 Å². The Labute approximate surface area is 108 Å². The Hall–Kier alpha value is -1.35. The number of carbonyl (C=O) groups excluding carboxylic acids is 1. The quantitative estimate of drug-likeness (QED) is 0.881. The van der Waals surface area contributed by atoms with Gasteiger partial charge in [-0.15, -0.1) is 0 Å². The van der Waals surface area contributed by atoms with Gasteiger partial charge in [0.05, 0.1) is 6.54 Å². The van der Waals surface area contributed by atoms with Crippen molar-refractivity contribution in [2.24, 2.45) is 5.92 Å². The minimum absolute atomic E-state index is 0.0885. The van der Waals surface area contributed by atoms with Crippen LogP contribution in [0.5, 0.6) is 0 Å². The molecule has 1 N–H and O–H groups in total. The third kappa shape index (κ3) is 2.03. The molecule has 18 heavy (non-hydrogen) atoms. The first-order chi connectivity index (χ1) is 8.81. The standard InChI is InChI=1S/C15H20N2O/c1-2-6-12-9-13(12)17-14(18)10-16-15(17)11-7-4-3-5-8-11/h3-5,7-8,12-13,15-16H,2,6,9-10H2,1H3. The number of hydrogen-bond acceptors (Lipinski definition) is 2. The van der Waals surface area contributed by atoms with Crippen molar-refractivity contribution in [1.82, 2.24) is 10.2 Å². The zero-order valence-corrected chi connectivity index (χ0v) is 10.8. The van der Waals surface area contributed by atoms with Gasteiger partial charge in [0, 0.05) is 6.04 Å². The van der Waals surface area contributed by atoms with Crippen molar-refractivity contribution in [3.8, 4) is 0 Å². The van der Waals surface area contributed by atoms with Crippen LogP contribution in [-0.2, 0) is 4.79 Å². The number of hydrogen-bond donors (Lipinski definition) is 1. The van der Waals surface area contributed by atoms with E-state index in [1.807, 2.05) is 18.2 Å². The van der Waals surface area contributed by atoms with Crippen molar-refractivity contribution in [2.45, 2.75) is 38.4 Å². The molecule has 1 aromatic rings. The molecule has 0 spiro atoms. The molecular weight excluding hydrogens is 224 g/mol. The molecule has 0 bridgehead atoms. The van der Waals surface area contributed by atoms with Gasteiger partial charge in [-0.05, 0) is 24.3 Å². The van der Waals surface area contributed by atoms with Crippen LogP contribution in [0, 0.1) is 5.92 Å². The Balaban J connectivity index is 1.77. The van der Waals surface area contributed by atoms with Crippen molar-refractivity contribution < 1.29 is 4.79 Å². The highest BCUT2D eigenvalue weighted by Crippen LogP contribution is 2.43. The van der Waals surface area contributed by atoms with Gasteiger partial charge in [-0.25, -0.2) is 0 Å². The fourth-order valence-electron chi connectivity index (χ4n) is 3.06. The van der Waals surface area contributed by atoms with Crippen LogP contribution in [0.1, 0.15) is 37.9 Å². The summed E-state index contributed by atoms with van der Waals surface area (Å²) in [5.74, 6) is 0.984. The number of benzene rings is 1. The van der Waals surface area contributed by atoms with Gasteiger partial charge in [0.1, 0.15) is 6.17 Å². The Morgan fingerprint density at radius 3 is 2.83 bits per heavy atom. The molecule has 1 saturated carbocycles. The molecule has 0 radical (unpaired) electrons. The highest BCUT2D eigenvalue weighted by atomic mass is 16.2. The second-order valence-electron chi connectivity index (χ2n) is 5.35. The topological polar surface area (TPSA) is 32.3 Å². The molecule has 3 rings (SSSR count). The third-order valence-corrected chi connectivity index (χ3v) is 4.03. The van der Waals surface area contributed by atoms with E-state index in [2.05, 4.69) is 29.3 Å². The van der Waals surface area contributed by atoms with E-state index in [9.17, 15) is 4.79 Å². The van der Waals surface area contributed by atoms with Crippen LogP contribution in [0.2, 0.25) is 0 Å². The molecule has 1 aliphatic heterocycles. The summed E-state index contributed by atoms with van der Waals surface area (Å²) in [5, 5.41) is 3.33. The predicted molar refractivity (Wildman–Crippen MR) is 70.8 cm³/mol. The van der Waals surface area contributed by atoms with E-state index in [1.54, 1.807) is 0 Å². The van der Waals surface area contributed by atoms with Crippen LogP contribution in [0.4, 0.5) is 0 Å². The fraction of sp³-hybridized carbons (Fsp3) is 0.533. The van der Waals surface area contributed by atoms with Crippen molar-refractivity contribution in [1.29, 1.82) is 0 Å². The smallest absolute Gasteiger partial charge is 0.238 e. The monoisotopic (exact) mass is 244 g/mol. The summed E-state index contributed by atoms with van der Waals surface area (Å²) < 4.78 is 0. The van der Waals surface area contributed by atoms with E-state index >= 15 is 0 Å². The molecule has 1 aliphatic carbocycles. The van der Waals surface area contributed by atoms with Crippen LogP contribution < -0.4 is 5.32 Å². The van der Waals surface area contributed by atoms with Gasteiger partial charge >= 0.3 is 0 Å². The van der Waals surface area contributed by atoms with E-state index < -0.39 is 0 Å². The van der Waals surface area contributed by atoms with Gasteiger partial charge in [0.15, 0.2) is 0 Å². The van der Waals surface area contributed by atoms with Crippen LogP contribution in [-0.4, -0.2) is 23.4 Å². The summed E-state index contributed by atoms with van der Waals surface area (Å²) in [7, 11) is 0. The average molecular weight is 244 g/mol. The summed E-state index contributed by atoms with van der Waals surface area (Å²) in [6, 6.07) is 10.8. The maximum Gasteiger partial charge on any atom is 0.238 e. The molecule has 3 unspecified atom stereocenters. The first-order valence-electron chi connectivity index (χ1n) is 6.90. The highest BCUT2D eigenvalue weighted by Gasteiger charge is 2.48. The lowest BCUT2D eigenvalue weighted by Crippen LogP contribution is -2.33. The lowest BCUT2D eigenvalue weighted by Gasteiger charge is -2.25. The summed E-state index contributed by atoms with van der Waals surface area (Å²) in [6.07, 6.45) is 3.73. The lowest BCUT2D eigenvalue weighted by atomic mass is 10.1. The molecular formula is C15H20N2O. The zero-order chi connectivity index (χ0) is 12.5. The first-order valence-corrected chi connectivity index (χ1v) is 6.90. The molecule has 3 nitrogen and oxygen atoms in total. The second kappa shape index (κ2) is 4.73. The predicted octanol–water partition coefficient (Wildman–Crippen LogP) is 2.31. The molecule has 0 aromatic heterocycles. The number of carbonyl (C=O) groups is 1. The maximum atomic E-state index is 12.1. The molecule has 3 atom stereocenters. The minimum atomic E-state index is 0.0885. The van der Waals surface area contributed by atoms with E-state index in [0.29, 0.717) is 12.6 Å². The Bertz CT molecular complexity index is 431. The number of nitrogens with zero attached hydrogens (tertiary/aromatic N) is 1. The summed E-state index contributed by atoms with van der Waals surface area (Å²) >= 11 is 0. The summed E-state index contributed by atoms with van der Waals surface area (Å²) in [6.45, 7) is 2.70. The van der Waals surface area contributed by atoms with Crippen molar-refractivity contribution in [3.05, 3.63) is 35.9 Å². The van der Waals surface area contributed by atoms with Gasteiger partial charge in [0.2, 0.25) is 5.91 Å². The molecule has 2 aliphatic rings. The number of amides is 1. The van der Waals surface area contributed by atoms with E-state index in [0.717, 1.165) is 5.92 Å². The van der Waals surface area contributed by atoms with Gasteiger partial charge in [-0.2, -0.15) is 0 Å². The normalized spacial score (nSPS) is 30.8. The van der Waals surface area contributed by atoms with Crippen LogP contribution in [0.15, 0.2) is 30.3 Å². The molecule has 2 fully saturated rings. The Morgan fingerprint density at radius 1 is 1.33 bits per heavy atom. The average Bonchev–Trinajstić information content (AvgIpc) is 3.04. The second-order valence-corrected chi connectivity index (χ2v) is 5.35. The zero-order valence-electron chi connectivity index (χ0n) is 10.8. The maximum absolute atomic E-state index is 12.1.